The van der Waals surface area contributed by atoms with Gasteiger partial charge >= 0.3 is 5.97 Å². The first-order valence-corrected chi connectivity index (χ1v) is 7.46. The average Bonchev–Trinajstić information content (AvgIpc) is 2.60. The van der Waals surface area contributed by atoms with E-state index in [2.05, 4.69) is 0 Å². The number of hydrogen-bond donors (Lipinski definition) is 0. The summed E-state index contributed by atoms with van der Waals surface area (Å²) in [6.07, 6.45) is 1.17. The molecule has 0 unspecified atom stereocenters. The van der Waals surface area contributed by atoms with Crippen LogP contribution in [-0.2, 0) is 0 Å². The van der Waals surface area contributed by atoms with Crippen molar-refractivity contribution in [1.29, 1.82) is 0 Å². The highest BCUT2D eigenvalue weighted by Crippen LogP contribution is 2.27. The molecule has 0 aliphatic carbocycles. The van der Waals surface area contributed by atoms with Crippen LogP contribution in [0.4, 0.5) is 0 Å². The monoisotopic (exact) mass is 344 g/mol. The minimum absolute atomic E-state index is 0.00280. The van der Waals surface area contributed by atoms with Gasteiger partial charge in [-0.25, -0.2) is 4.79 Å². The molecule has 0 aliphatic heterocycles. The van der Waals surface area contributed by atoms with E-state index in [1.165, 1.54) is 19.4 Å². The van der Waals surface area contributed by atoms with Crippen LogP contribution < -0.4 is 14.9 Å². The number of aryl methyl sites for hydroxylation is 1. The number of fused-ring (bicyclic) bond motifs is 1. The number of esters is 1. The summed E-state index contributed by atoms with van der Waals surface area (Å²) < 4.78 is 15.9. The summed E-state index contributed by atoms with van der Waals surface area (Å²) in [5.74, 6) is 0.328. The maximum atomic E-state index is 12.3. The molecule has 0 radical (unpaired) electrons. The fraction of sp³-hybridized carbons (Fsp3) is 0.111. The largest absolute Gasteiger partial charge is 0.497 e. The number of carbonyl (C=O) groups is 1. The first kappa shape index (κ1) is 16.1. The van der Waals surface area contributed by atoms with Crippen molar-refractivity contribution in [2.45, 2.75) is 6.92 Å². The van der Waals surface area contributed by atoms with Gasteiger partial charge in [0, 0.05) is 5.56 Å². The minimum Gasteiger partial charge on any atom is -0.497 e. The molecule has 0 N–H and O–H groups in total. The summed E-state index contributed by atoms with van der Waals surface area (Å²) in [5, 5.41) is 0.337. The Morgan fingerprint density at radius 3 is 2.75 bits per heavy atom. The highest BCUT2D eigenvalue weighted by Gasteiger charge is 2.15. The van der Waals surface area contributed by atoms with Crippen LogP contribution in [0.2, 0.25) is 5.02 Å². The zero-order valence-corrected chi connectivity index (χ0v) is 13.7. The van der Waals surface area contributed by atoms with E-state index in [4.69, 9.17) is 25.5 Å². The van der Waals surface area contributed by atoms with Crippen LogP contribution in [0.5, 0.6) is 11.5 Å². The maximum absolute atomic E-state index is 12.3. The van der Waals surface area contributed by atoms with E-state index in [1.54, 1.807) is 37.3 Å². The van der Waals surface area contributed by atoms with E-state index in [1.807, 2.05) is 0 Å². The quantitative estimate of drug-likeness (QED) is 0.531. The molecule has 24 heavy (non-hydrogen) atoms. The van der Waals surface area contributed by atoms with Crippen LogP contribution in [0.25, 0.3) is 11.0 Å². The predicted molar refractivity (Wildman–Crippen MR) is 90.2 cm³/mol. The van der Waals surface area contributed by atoms with Crippen LogP contribution in [0.1, 0.15) is 15.9 Å². The van der Waals surface area contributed by atoms with E-state index >= 15 is 0 Å². The lowest BCUT2D eigenvalue weighted by molar-refractivity contribution is 0.0733. The van der Waals surface area contributed by atoms with Gasteiger partial charge in [0.2, 0.25) is 5.43 Å². The number of benzene rings is 2. The predicted octanol–water partition coefficient (Wildman–Crippen LogP) is 3.98. The number of rotatable bonds is 3. The highest BCUT2D eigenvalue weighted by atomic mass is 35.5. The Labute approximate surface area is 142 Å². The van der Waals surface area contributed by atoms with Gasteiger partial charge in [-0.3, -0.25) is 4.79 Å². The molecule has 0 amide bonds. The summed E-state index contributed by atoms with van der Waals surface area (Å²) in [7, 11) is 1.52. The molecule has 0 aliphatic rings. The van der Waals surface area contributed by atoms with Gasteiger partial charge in [0.1, 0.15) is 28.4 Å². The van der Waals surface area contributed by atoms with E-state index in [0.29, 0.717) is 33.6 Å². The molecule has 0 spiro atoms. The molecule has 0 fully saturated rings. The van der Waals surface area contributed by atoms with E-state index in [-0.39, 0.29) is 10.5 Å². The van der Waals surface area contributed by atoms with Crippen molar-refractivity contribution in [2.75, 3.05) is 7.11 Å². The standard InChI is InChI=1S/C18H13ClO5/c1-10-15(7-6-13-16(20)14(19)9-23-17(10)13)24-18(21)11-4-3-5-12(8-11)22-2/h3-9H,1-2H3. The first-order chi connectivity index (χ1) is 11.5. The number of methoxy groups -OCH3 is 1. The fourth-order valence-electron chi connectivity index (χ4n) is 2.32. The number of carbonyl (C=O) groups excluding carboxylic acids is 1. The summed E-state index contributed by atoms with van der Waals surface area (Å²) in [4.78, 5) is 24.3. The van der Waals surface area contributed by atoms with Gasteiger partial charge in [-0.05, 0) is 37.3 Å². The van der Waals surface area contributed by atoms with Gasteiger partial charge in [-0.2, -0.15) is 0 Å². The van der Waals surface area contributed by atoms with Crippen LogP contribution in [0.3, 0.4) is 0 Å². The lowest BCUT2D eigenvalue weighted by Crippen LogP contribution is -2.10. The number of hydrogen-bond acceptors (Lipinski definition) is 5. The summed E-state index contributed by atoms with van der Waals surface area (Å²) in [6, 6.07) is 9.71. The molecule has 0 saturated carbocycles. The SMILES string of the molecule is COc1cccc(C(=O)Oc2ccc3c(=O)c(Cl)coc3c2C)c1. The van der Waals surface area contributed by atoms with Gasteiger partial charge in [0.05, 0.1) is 18.1 Å². The van der Waals surface area contributed by atoms with Gasteiger partial charge in [-0.1, -0.05) is 17.7 Å². The topological polar surface area (TPSA) is 65.7 Å². The third-order valence-corrected chi connectivity index (χ3v) is 3.87. The van der Waals surface area contributed by atoms with E-state index in [9.17, 15) is 9.59 Å². The van der Waals surface area contributed by atoms with Gasteiger partial charge in [0.15, 0.2) is 0 Å². The maximum Gasteiger partial charge on any atom is 0.343 e. The highest BCUT2D eigenvalue weighted by molar-refractivity contribution is 6.30. The van der Waals surface area contributed by atoms with Gasteiger partial charge < -0.3 is 13.9 Å². The zero-order valence-electron chi connectivity index (χ0n) is 13.0. The van der Waals surface area contributed by atoms with Crippen molar-refractivity contribution in [3.05, 3.63) is 69.0 Å². The molecular weight excluding hydrogens is 332 g/mol. The Morgan fingerprint density at radius 1 is 1.21 bits per heavy atom. The van der Waals surface area contributed by atoms with Crippen LogP contribution in [0, 0.1) is 6.92 Å². The Balaban J connectivity index is 1.98. The van der Waals surface area contributed by atoms with Gasteiger partial charge in [-0.15, -0.1) is 0 Å². The second-order valence-electron chi connectivity index (χ2n) is 5.10. The van der Waals surface area contributed by atoms with Crippen molar-refractivity contribution < 1.29 is 18.7 Å². The smallest absolute Gasteiger partial charge is 0.343 e. The van der Waals surface area contributed by atoms with Crippen LogP contribution in [0.15, 0.2) is 51.9 Å². The van der Waals surface area contributed by atoms with Crippen LogP contribution >= 0.6 is 11.6 Å². The Morgan fingerprint density at radius 2 is 2.00 bits per heavy atom. The molecule has 1 heterocycles. The van der Waals surface area contributed by atoms with Crippen molar-refractivity contribution in [2.24, 2.45) is 0 Å². The summed E-state index contributed by atoms with van der Waals surface area (Å²) >= 11 is 5.77. The van der Waals surface area contributed by atoms with Crippen LogP contribution in [-0.4, -0.2) is 13.1 Å². The molecule has 1 aromatic heterocycles. The molecule has 3 rings (SSSR count). The normalized spacial score (nSPS) is 10.6. The molecule has 122 valence electrons. The zero-order chi connectivity index (χ0) is 17.3. The molecule has 2 aromatic carbocycles. The molecule has 0 atom stereocenters. The Bertz CT molecular complexity index is 990. The second kappa shape index (κ2) is 6.37. The second-order valence-corrected chi connectivity index (χ2v) is 5.51. The molecule has 0 saturated heterocycles. The van der Waals surface area contributed by atoms with Crippen molar-refractivity contribution in [3.8, 4) is 11.5 Å². The molecule has 0 bridgehead atoms. The van der Waals surface area contributed by atoms with Crippen molar-refractivity contribution >= 4 is 28.5 Å². The average molecular weight is 345 g/mol. The van der Waals surface area contributed by atoms with E-state index < -0.39 is 5.97 Å². The molecule has 3 aromatic rings. The minimum atomic E-state index is -0.535. The lowest BCUT2D eigenvalue weighted by atomic mass is 10.1. The number of halogens is 1. The third kappa shape index (κ3) is 2.86. The van der Waals surface area contributed by atoms with Crippen molar-refractivity contribution in [3.63, 3.8) is 0 Å². The Kier molecular flexibility index (Phi) is 4.27. The van der Waals surface area contributed by atoms with Crippen molar-refractivity contribution in [1.82, 2.24) is 0 Å². The lowest BCUT2D eigenvalue weighted by Gasteiger charge is -2.09. The van der Waals surface area contributed by atoms with E-state index in [0.717, 1.165) is 0 Å². The number of ether oxygens (including phenoxy) is 2. The summed E-state index contributed by atoms with van der Waals surface area (Å²) in [5.41, 5.74) is 0.899. The fourth-order valence-corrected chi connectivity index (χ4v) is 2.46. The third-order valence-electron chi connectivity index (χ3n) is 3.61. The Hall–Kier alpha value is -2.79. The first-order valence-electron chi connectivity index (χ1n) is 7.08. The molecule has 6 heteroatoms. The molecule has 5 nitrogen and oxygen atoms in total. The van der Waals surface area contributed by atoms with Gasteiger partial charge in [0.25, 0.3) is 0 Å². The summed E-state index contributed by atoms with van der Waals surface area (Å²) in [6.45, 7) is 1.70. The molecular formula is C18H13ClO5.